The highest BCUT2D eigenvalue weighted by Gasteiger charge is 2.47. The molecular formula is C33H57N5O7. The molecule has 2 fully saturated rings. The Morgan fingerprint density at radius 2 is 1.60 bits per heavy atom. The van der Waals surface area contributed by atoms with E-state index in [1.807, 2.05) is 48.5 Å². The molecule has 6 atom stereocenters. The number of piperidine rings is 1. The number of rotatable bonds is 14. The smallest absolute Gasteiger partial charge is 0.324 e. The maximum Gasteiger partial charge on any atom is 0.324 e. The lowest BCUT2D eigenvalue weighted by molar-refractivity contribution is -0.154. The van der Waals surface area contributed by atoms with E-state index in [2.05, 4.69) is 5.32 Å². The summed E-state index contributed by atoms with van der Waals surface area (Å²) < 4.78 is 5.89. The van der Waals surface area contributed by atoms with E-state index in [1.54, 1.807) is 11.9 Å². The Kier molecular flexibility index (Phi) is 14.9. The van der Waals surface area contributed by atoms with E-state index >= 15 is 0 Å². The summed E-state index contributed by atoms with van der Waals surface area (Å²) in [5.41, 5.74) is 0. The number of nitrogens with one attached hydrogen (secondary N) is 1. The second kappa shape index (κ2) is 17.6. The quantitative estimate of drug-likeness (QED) is 0.290. The van der Waals surface area contributed by atoms with Crippen molar-refractivity contribution < 1.29 is 33.5 Å². The molecule has 45 heavy (non-hydrogen) atoms. The number of hydrogen-bond acceptors (Lipinski definition) is 7. The van der Waals surface area contributed by atoms with Gasteiger partial charge in [-0.25, -0.2) is 4.79 Å². The van der Waals surface area contributed by atoms with Crippen LogP contribution in [0.2, 0.25) is 0 Å². The monoisotopic (exact) mass is 635 g/mol. The highest BCUT2D eigenvalue weighted by atomic mass is 16.5. The van der Waals surface area contributed by atoms with Crippen LogP contribution in [-0.4, -0.2) is 120 Å². The zero-order valence-corrected chi connectivity index (χ0v) is 28.9. The van der Waals surface area contributed by atoms with Gasteiger partial charge in [0.15, 0.2) is 0 Å². The van der Waals surface area contributed by atoms with Crippen molar-refractivity contribution in [3.05, 3.63) is 0 Å². The van der Waals surface area contributed by atoms with Crippen LogP contribution in [0.4, 0.5) is 4.79 Å². The van der Waals surface area contributed by atoms with Gasteiger partial charge < -0.3 is 29.1 Å². The third kappa shape index (κ3) is 9.98. The summed E-state index contributed by atoms with van der Waals surface area (Å²) in [4.78, 5) is 85.4. The van der Waals surface area contributed by atoms with E-state index < -0.39 is 36.1 Å². The molecule has 0 saturated carbocycles. The molecule has 0 radical (unpaired) electrons. The summed E-state index contributed by atoms with van der Waals surface area (Å²) in [7, 11) is 3.13. The van der Waals surface area contributed by atoms with E-state index in [1.165, 1.54) is 21.7 Å². The first-order valence-electron chi connectivity index (χ1n) is 16.7. The molecule has 1 N–H and O–H groups in total. The van der Waals surface area contributed by atoms with E-state index in [-0.39, 0.29) is 54.5 Å². The summed E-state index contributed by atoms with van der Waals surface area (Å²) in [6.45, 7) is 14.5. The van der Waals surface area contributed by atoms with Gasteiger partial charge in [-0.15, -0.1) is 0 Å². The summed E-state index contributed by atoms with van der Waals surface area (Å²) in [5, 5.41) is 2.41. The zero-order valence-electron chi connectivity index (χ0n) is 28.9. The molecule has 2 aliphatic heterocycles. The molecule has 2 aliphatic rings. The van der Waals surface area contributed by atoms with Gasteiger partial charge in [0.25, 0.3) is 5.91 Å². The second-order valence-corrected chi connectivity index (χ2v) is 13.5. The predicted octanol–water partition coefficient (Wildman–Crippen LogP) is 3.07. The molecular weight excluding hydrogens is 578 g/mol. The lowest BCUT2D eigenvalue weighted by Gasteiger charge is -2.40. The molecule has 2 heterocycles. The largest absolute Gasteiger partial charge is 0.377 e. The summed E-state index contributed by atoms with van der Waals surface area (Å²) in [6, 6.07) is -3.89. The van der Waals surface area contributed by atoms with Crippen LogP contribution in [0.15, 0.2) is 0 Å². The lowest BCUT2D eigenvalue weighted by atomic mass is 9.95. The number of imide groups is 1. The number of likely N-dealkylation sites (N-methyl/N-ethyl adjacent to an activating group) is 2. The van der Waals surface area contributed by atoms with Crippen LogP contribution < -0.4 is 5.32 Å². The molecule has 12 nitrogen and oxygen atoms in total. The van der Waals surface area contributed by atoms with Crippen LogP contribution in [0.25, 0.3) is 0 Å². The minimum atomic E-state index is -0.896. The number of amides is 6. The van der Waals surface area contributed by atoms with Crippen molar-refractivity contribution in [2.24, 2.45) is 17.8 Å². The molecule has 0 aromatic heterocycles. The van der Waals surface area contributed by atoms with E-state index in [4.69, 9.17) is 4.74 Å². The van der Waals surface area contributed by atoms with Crippen LogP contribution >= 0.6 is 0 Å². The van der Waals surface area contributed by atoms with Crippen LogP contribution in [0, 0.1) is 17.8 Å². The maximum atomic E-state index is 14.3. The number of ether oxygens (including phenoxy) is 1. The van der Waals surface area contributed by atoms with Gasteiger partial charge in [0.1, 0.15) is 24.4 Å². The molecule has 12 heteroatoms. The fourth-order valence-corrected chi connectivity index (χ4v) is 6.34. The first kappa shape index (κ1) is 38.2. The van der Waals surface area contributed by atoms with Crippen molar-refractivity contribution in [1.82, 2.24) is 24.9 Å². The summed E-state index contributed by atoms with van der Waals surface area (Å²) in [5.74, 6) is -1.25. The Morgan fingerprint density at radius 3 is 2.16 bits per heavy atom. The van der Waals surface area contributed by atoms with E-state index in [9.17, 15) is 28.8 Å². The molecule has 0 spiro atoms. The standard InChI is InChI=1S/C33H57N5O7/c1-10-23(7)29(36(9)28(40)17-22(5)6)32(43)38-19-25(45-11-2)18-27(38)31(42)37-15-13-12-14-26(37)30(41)34-33(44)35(8)24(20-39)16-21(3)4/h20-27,29H,10-19H2,1-9H3,(H,34,41,44)/t23-,24-,25+,26-,27-,29-/m0/s1. The third-order valence-electron chi connectivity index (χ3n) is 9.07. The van der Waals surface area contributed by atoms with E-state index in [0.29, 0.717) is 58.0 Å². The molecule has 2 saturated heterocycles. The van der Waals surface area contributed by atoms with Crippen LogP contribution in [0.3, 0.4) is 0 Å². The Bertz CT molecular complexity index is 1050. The first-order chi connectivity index (χ1) is 21.2. The van der Waals surface area contributed by atoms with Crippen molar-refractivity contribution in [3.63, 3.8) is 0 Å². The van der Waals surface area contributed by atoms with Gasteiger partial charge in [-0.05, 0) is 50.4 Å². The van der Waals surface area contributed by atoms with Gasteiger partial charge in [-0.1, -0.05) is 48.0 Å². The van der Waals surface area contributed by atoms with Gasteiger partial charge in [-0.2, -0.15) is 0 Å². The third-order valence-corrected chi connectivity index (χ3v) is 9.07. The predicted molar refractivity (Wildman–Crippen MR) is 171 cm³/mol. The van der Waals surface area contributed by atoms with Gasteiger partial charge in [0.05, 0.1) is 12.1 Å². The molecule has 0 aromatic rings. The number of nitrogens with zero attached hydrogens (tertiary/aromatic N) is 4. The minimum Gasteiger partial charge on any atom is -0.377 e. The average Bonchev–Trinajstić information content (AvgIpc) is 3.42. The molecule has 0 bridgehead atoms. The first-order valence-corrected chi connectivity index (χ1v) is 16.7. The molecule has 256 valence electrons. The van der Waals surface area contributed by atoms with Crippen LogP contribution in [-0.2, 0) is 28.7 Å². The highest BCUT2D eigenvalue weighted by Crippen LogP contribution is 2.29. The Labute approximate surface area is 269 Å². The molecule has 6 amide bonds. The fourth-order valence-electron chi connectivity index (χ4n) is 6.34. The van der Waals surface area contributed by atoms with Gasteiger partial charge in [0.2, 0.25) is 17.7 Å². The van der Waals surface area contributed by atoms with Gasteiger partial charge in [-0.3, -0.25) is 24.5 Å². The van der Waals surface area contributed by atoms with Crippen molar-refractivity contribution >= 4 is 35.9 Å². The van der Waals surface area contributed by atoms with Crippen molar-refractivity contribution in [2.45, 2.75) is 124 Å². The number of carbonyl (C=O) groups excluding carboxylic acids is 6. The number of hydrogen-bond donors (Lipinski definition) is 1. The normalized spacial score (nSPS) is 22.2. The molecule has 0 aromatic carbocycles. The van der Waals surface area contributed by atoms with E-state index in [0.717, 1.165) is 0 Å². The zero-order chi connectivity index (χ0) is 34.0. The Balaban J connectivity index is 2.34. The van der Waals surface area contributed by atoms with Gasteiger partial charge >= 0.3 is 6.03 Å². The minimum absolute atomic E-state index is 0.125. The van der Waals surface area contributed by atoms with Crippen molar-refractivity contribution in [3.8, 4) is 0 Å². The van der Waals surface area contributed by atoms with Gasteiger partial charge in [0, 0.05) is 46.6 Å². The summed E-state index contributed by atoms with van der Waals surface area (Å²) in [6.07, 6.45) is 3.79. The van der Waals surface area contributed by atoms with Crippen LogP contribution in [0.1, 0.15) is 93.4 Å². The molecule has 0 unspecified atom stereocenters. The number of likely N-dealkylation sites (tertiary alicyclic amines) is 2. The topological polar surface area (TPSA) is 137 Å². The molecule has 0 aliphatic carbocycles. The average molecular weight is 636 g/mol. The van der Waals surface area contributed by atoms with Crippen LogP contribution in [0.5, 0.6) is 0 Å². The van der Waals surface area contributed by atoms with Crippen molar-refractivity contribution in [1.29, 1.82) is 0 Å². The molecule has 2 rings (SSSR count). The fraction of sp³-hybridized carbons (Fsp3) is 0.818. The lowest BCUT2D eigenvalue weighted by Crippen LogP contribution is -2.60. The highest BCUT2D eigenvalue weighted by molar-refractivity contribution is 6.00. The Hall–Kier alpha value is -3.02. The number of carbonyl (C=O) groups is 6. The maximum absolute atomic E-state index is 14.3. The van der Waals surface area contributed by atoms with Crippen molar-refractivity contribution in [2.75, 3.05) is 33.8 Å². The second-order valence-electron chi connectivity index (χ2n) is 13.5. The number of urea groups is 1. The Morgan fingerprint density at radius 1 is 0.933 bits per heavy atom. The number of aldehydes is 1. The SMILES string of the molecule is CCO[C@@H]1C[C@@H](C(=O)N2CCCC[C@H]2C(=O)NC(=O)N(C)[C@H](C=O)CC(C)C)N(C(=O)[C@H]([C@@H](C)CC)N(C)C(=O)CC(C)C)C1. The summed E-state index contributed by atoms with van der Waals surface area (Å²) >= 11 is 0.